The fourth-order valence-electron chi connectivity index (χ4n) is 3.03. The van der Waals surface area contributed by atoms with Crippen molar-refractivity contribution in [1.82, 2.24) is 4.90 Å². The molecule has 0 radical (unpaired) electrons. The van der Waals surface area contributed by atoms with Crippen molar-refractivity contribution in [2.24, 2.45) is 0 Å². The molecule has 2 N–H and O–H groups in total. The van der Waals surface area contributed by atoms with E-state index in [1.54, 1.807) is 12.1 Å². The molecule has 1 aliphatic rings. The van der Waals surface area contributed by atoms with Crippen LogP contribution in [-0.4, -0.2) is 48.6 Å². The van der Waals surface area contributed by atoms with Crippen LogP contribution in [0.15, 0.2) is 36.4 Å². The molecule has 5 nitrogen and oxygen atoms in total. The predicted molar refractivity (Wildman–Crippen MR) is 102 cm³/mol. The van der Waals surface area contributed by atoms with Gasteiger partial charge in [0.25, 0.3) is 5.91 Å². The molecule has 0 atom stereocenters. The summed E-state index contributed by atoms with van der Waals surface area (Å²) in [6.07, 6.45) is 0. The summed E-state index contributed by atoms with van der Waals surface area (Å²) in [7, 11) is 0. The van der Waals surface area contributed by atoms with E-state index in [2.05, 4.69) is 17.1 Å². The normalized spacial score (nSPS) is 15.1. The summed E-state index contributed by atoms with van der Waals surface area (Å²) < 4.78 is 14.5. The van der Waals surface area contributed by atoms with E-state index in [0.717, 1.165) is 32.7 Å². The molecule has 0 spiro atoms. The number of aromatic hydroxyl groups is 1. The van der Waals surface area contributed by atoms with E-state index < -0.39 is 5.91 Å². The smallest absolute Gasteiger partial charge is 0.259 e. The third-order valence-corrected chi connectivity index (χ3v) is 4.80. The number of likely N-dealkylation sites (N-methyl/N-ethyl adjacent to an activating group) is 1. The Labute approximate surface area is 157 Å². The number of rotatable bonds is 4. The van der Waals surface area contributed by atoms with Crippen molar-refractivity contribution in [3.05, 3.63) is 52.8 Å². The fraction of sp³-hybridized carbons (Fsp3) is 0.316. The largest absolute Gasteiger partial charge is 0.507 e. The Hall–Kier alpha value is -2.31. The Kier molecular flexibility index (Phi) is 5.64. The Morgan fingerprint density at radius 3 is 2.58 bits per heavy atom. The minimum atomic E-state index is -0.547. The van der Waals surface area contributed by atoms with E-state index in [-0.39, 0.29) is 17.1 Å². The monoisotopic (exact) mass is 377 g/mol. The van der Waals surface area contributed by atoms with Gasteiger partial charge >= 0.3 is 0 Å². The lowest BCUT2D eigenvalue weighted by atomic mass is 10.1. The average molecular weight is 378 g/mol. The third-order valence-electron chi connectivity index (χ3n) is 4.57. The van der Waals surface area contributed by atoms with Crippen LogP contribution in [0.1, 0.15) is 17.3 Å². The molecule has 0 saturated carbocycles. The molecule has 1 saturated heterocycles. The van der Waals surface area contributed by atoms with E-state index >= 15 is 0 Å². The van der Waals surface area contributed by atoms with Crippen molar-refractivity contribution in [1.29, 1.82) is 0 Å². The molecule has 1 heterocycles. The molecule has 1 amide bonds. The summed E-state index contributed by atoms with van der Waals surface area (Å²) in [6.45, 7) is 6.47. The van der Waals surface area contributed by atoms with E-state index in [1.165, 1.54) is 24.3 Å². The molecule has 1 aliphatic heterocycles. The van der Waals surface area contributed by atoms with Gasteiger partial charge in [-0.2, -0.15) is 0 Å². The second-order valence-electron chi connectivity index (χ2n) is 6.20. The highest BCUT2D eigenvalue weighted by Gasteiger charge is 2.19. The molecular weight excluding hydrogens is 357 g/mol. The van der Waals surface area contributed by atoms with Crippen LogP contribution >= 0.6 is 11.6 Å². The van der Waals surface area contributed by atoms with Gasteiger partial charge in [0.2, 0.25) is 0 Å². The molecule has 2 aromatic rings. The summed E-state index contributed by atoms with van der Waals surface area (Å²) in [4.78, 5) is 16.6. The standard InChI is InChI=1S/C19H21ClFN3O2/c1-2-23-7-9-24(10-8-23)17-5-4-14(12-16(17)21)22-19(26)15-11-13(20)3-6-18(15)25/h3-6,11-12,25H,2,7-10H2,1H3,(H,22,26). The Bertz CT molecular complexity index is 807. The van der Waals surface area contributed by atoms with E-state index in [9.17, 15) is 14.3 Å². The van der Waals surface area contributed by atoms with Crippen molar-refractivity contribution >= 4 is 28.9 Å². The lowest BCUT2D eigenvalue weighted by Gasteiger charge is -2.35. The number of phenolic OH excluding ortho intramolecular Hbond substituents is 1. The highest BCUT2D eigenvalue weighted by Crippen LogP contribution is 2.26. The number of benzene rings is 2. The Morgan fingerprint density at radius 1 is 1.19 bits per heavy atom. The van der Waals surface area contributed by atoms with Crippen LogP contribution in [0.5, 0.6) is 5.75 Å². The van der Waals surface area contributed by atoms with E-state index in [4.69, 9.17) is 11.6 Å². The second-order valence-corrected chi connectivity index (χ2v) is 6.64. The van der Waals surface area contributed by atoms with Crippen molar-refractivity contribution in [2.75, 3.05) is 42.9 Å². The van der Waals surface area contributed by atoms with Gasteiger partial charge < -0.3 is 20.2 Å². The highest BCUT2D eigenvalue weighted by molar-refractivity contribution is 6.31. The van der Waals surface area contributed by atoms with Gasteiger partial charge in [-0.3, -0.25) is 4.79 Å². The van der Waals surface area contributed by atoms with E-state index in [0.29, 0.717) is 16.4 Å². The summed E-state index contributed by atoms with van der Waals surface area (Å²) in [6, 6.07) is 8.82. The fourth-order valence-corrected chi connectivity index (χ4v) is 3.21. The number of nitrogens with zero attached hydrogens (tertiary/aromatic N) is 2. The Morgan fingerprint density at radius 2 is 1.92 bits per heavy atom. The van der Waals surface area contributed by atoms with Gasteiger partial charge in [-0.05, 0) is 42.9 Å². The topological polar surface area (TPSA) is 55.8 Å². The average Bonchev–Trinajstić information content (AvgIpc) is 2.64. The van der Waals surface area contributed by atoms with E-state index in [1.807, 2.05) is 4.90 Å². The molecule has 2 aromatic carbocycles. The summed E-state index contributed by atoms with van der Waals surface area (Å²) in [5, 5.41) is 12.7. The quantitative estimate of drug-likeness (QED) is 0.855. The van der Waals surface area contributed by atoms with Crippen LogP contribution in [0.2, 0.25) is 5.02 Å². The first-order chi connectivity index (χ1) is 12.5. The second kappa shape index (κ2) is 7.93. The zero-order chi connectivity index (χ0) is 18.7. The summed E-state index contributed by atoms with van der Waals surface area (Å²) in [5.74, 6) is -1.12. The van der Waals surface area contributed by atoms with Crippen molar-refractivity contribution in [2.45, 2.75) is 6.92 Å². The molecule has 3 rings (SSSR count). The minimum Gasteiger partial charge on any atom is -0.507 e. The first-order valence-corrected chi connectivity index (χ1v) is 8.92. The van der Waals surface area contributed by atoms with Crippen LogP contribution in [-0.2, 0) is 0 Å². The highest BCUT2D eigenvalue weighted by atomic mass is 35.5. The summed E-state index contributed by atoms with van der Waals surface area (Å²) >= 11 is 5.86. The Balaban J connectivity index is 1.71. The number of carbonyl (C=O) groups is 1. The molecule has 1 fully saturated rings. The van der Waals surface area contributed by atoms with Crippen LogP contribution in [0, 0.1) is 5.82 Å². The lowest BCUT2D eigenvalue weighted by molar-refractivity contribution is 0.102. The number of hydrogen-bond donors (Lipinski definition) is 2. The minimum absolute atomic E-state index is 0.0395. The number of phenols is 1. The number of hydrogen-bond acceptors (Lipinski definition) is 4. The number of nitrogens with one attached hydrogen (secondary N) is 1. The van der Waals surface area contributed by atoms with Gasteiger partial charge in [-0.1, -0.05) is 18.5 Å². The van der Waals surface area contributed by atoms with Crippen LogP contribution in [0.3, 0.4) is 0 Å². The number of anilines is 2. The van der Waals surface area contributed by atoms with Crippen LogP contribution < -0.4 is 10.2 Å². The summed E-state index contributed by atoms with van der Waals surface area (Å²) in [5.41, 5.74) is 0.893. The SMILES string of the molecule is CCN1CCN(c2ccc(NC(=O)c3cc(Cl)ccc3O)cc2F)CC1. The maximum Gasteiger partial charge on any atom is 0.259 e. The molecule has 0 bridgehead atoms. The van der Waals surface area contributed by atoms with Crippen LogP contribution in [0.25, 0.3) is 0 Å². The van der Waals surface area contributed by atoms with Gasteiger partial charge in [0.05, 0.1) is 11.3 Å². The lowest BCUT2D eigenvalue weighted by Crippen LogP contribution is -2.46. The number of carbonyl (C=O) groups excluding carboxylic acids is 1. The predicted octanol–water partition coefficient (Wildman–Crippen LogP) is 3.58. The van der Waals surface area contributed by atoms with Crippen molar-refractivity contribution < 1.29 is 14.3 Å². The molecule has 7 heteroatoms. The van der Waals surface area contributed by atoms with Gasteiger partial charge in [0.15, 0.2) is 0 Å². The van der Waals surface area contributed by atoms with Crippen LogP contribution in [0.4, 0.5) is 15.8 Å². The van der Waals surface area contributed by atoms with Gasteiger partial charge in [0.1, 0.15) is 11.6 Å². The molecule has 0 unspecified atom stereocenters. The molecule has 0 aliphatic carbocycles. The zero-order valence-electron chi connectivity index (χ0n) is 14.5. The maximum atomic E-state index is 14.5. The molecular formula is C19H21ClFN3O2. The van der Waals surface area contributed by atoms with Crippen molar-refractivity contribution in [3.8, 4) is 5.75 Å². The van der Waals surface area contributed by atoms with Gasteiger partial charge in [0, 0.05) is 36.9 Å². The van der Waals surface area contributed by atoms with Gasteiger partial charge in [-0.15, -0.1) is 0 Å². The zero-order valence-corrected chi connectivity index (χ0v) is 15.3. The molecule has 138 valence electrons. The third kappa shape index (κ3) is 4.08. The maximum absolute atomic E-state index is 14.5. The van der Waals surface area contributed by atoms with Gasteiger partial charge in [-0.25, -0.2) is 4.39 Å². The first kappa shape index (κ1) is 18.5. The molecule has 26 heavy (non-hydrogen) atoms. The first-order valence-electron chi connectivity index (χ1n) is 8.54. The number of piperazine rings is 1. The molecule has 0 aromatic heterocycles. The number of amides is 1. The number of halogens is 2. The van der Waals surface area contributed by atoms with Crippen molar-refractivity contribution in [3.63, 3.8) is 0 Å².